The fraction of sp³-hybridized carbons (Fsp3) is 0.368. The van der Waals surface area contributed by atoms with Gasteiger partial charge in [0.15, 0.2) is 0 Å². The van der Waals surface area contributed by atoms with Crippen molar-refractivity contribution in [3.05, 3.63) is 64.7 Å². The summed E-state index contributed by atoms with van der Waals surface area (Å²) in [6.45, 7) is 3.32. The Hall–Kier alpha value is -1.55. The summed E-state index contributed by atoms with van der Waals surface area (Å²) < 4.78 is 11.7. The van der Waals surface area contributed by atoms with Crippen molar-refractivity contribution in [2.45, 2.75) is 32.1 Å². The highest BCUT2D eigenvalue weighted by Crippen LogP contribution is 2.21. The van der Waals surface area contributed by atoms with Crippen LogP contribution in [0.25, 0.3) is 0 Å². The van der Waals surface area contributed by atoms with Crippen LogP contribution >= 0.6 is 11.6 Å². The van der Waals surface area contributed by atoms with Crippen LogP contribution < -0.4 is 10.1 Å². The van der Waals surface area contributed by atoms with Crippen LogP contribution in [0.15, 0.2) is 48.5 Å². The van der Waals surface area contributed by atoms with Gasteiger partial charge in [-0.15, -0.1) is 0 Å². The lowest BCUT2D eigenvalue weighted by molar-refractivity contribution is -0.676. The van der Waals surface area contributed by atoms with Gasteiger partial charge < -0.3 is 14.8 Å². The smallest absolute Gasteiger partial charge is 0.128 e. The van der Waals surface area contributed by atoms with Crippen LogP contribution in [0, 0.1) is 0 Å². The monoisotopic (exact) mass is 332 g/mol. The number of hydrogen-bond donors (Lipinski definition) is 1. The maximum absolute atomic E-state index is 6.19. The van der Waals surface area contributed by atoms with Crippen LogP contribution in [0.5, 0.6) is 5.75 Å². The second kappa shape index (κ2) is 8.34. The van der Waals surface area contributed by atoms with Gasteiger partial charge in [0.1, 0.15) is 31.5 Å². The maximum atomic E-state index is 6.19. The molecule has 0 saturated carbocycles. The predicted molar refractivity (Wildman–Crippen MR) is 91.7 cm³/mol. The molecule has 0 bridgehead atoms. The van der Waals surface area contributed by atoms with Gasteiger partial charge in [-0.2, -0.15) is 0 Å². The van der Waals surface area contributed by atoms with Crippen molar-refractivity contribution in [3.8, 4) is 5.75 Å². The second-order valence-electron chi connectivity index (χ2n) is 5.85. The minimum Gasteiger partial charge on any atom is -0.488 e. The Labute approximate surface area is 142 Å². The Morgan fingerprint density at radius 1 is 1.09 bits per heavy atom. The lowest BCUT2D eigenvalue weighted by atomic mass is 10.2. The van der Waals surface area contributed by atoms with Crippen LogP contribution in [0.3, 0.4) is 0 Å². The van der Waals surface area contributed by atoms with Crippen molar-refractivity contribution in [2.75, 3.05) is 13.2 Å². The van der Waals surface area contributed by atoms with Gasteiger partial charge in [0.2, 0.25) is 0 Å². The molecule has 1 fully saturated rings. The van der Waals surface area contributed by atoms with Crippen LogP contribution in [-0.4, -0.2) is 19.3 Å². The van der Waals surface area contributed by atoms with Gasteiger partial charge in [-0.25, -0.2) is 0 Å². The van der Waals surface area contributed by atoms with E-state index in [0.29, 0.717) is 12.7 Å². The minimum atomic E-state index is 0.409. The quantitative estimate of drug-likeness (QED) is 0.845. The van der Waals surface area contributed by atoms with E-state index >= 15 is 0 Å². The summed E-state index contributed by atoms with van der Waals surface area (Å²) in [4.78, 5) is 0. The van der Waals surface area contributed by atoms with Gasteiger partial charge in [0, 0.05) is 22.8 Å². The van der Waals surface area contributed by atoms with Crippen molar-refractivity contribution >= 4 is 11.6 Å². The molecule has 0 unspecified atom stereocenters. The van der Waals surface area contributed by atoms with Crippen molar-refractivity contribution in [2.24, 2.45) is 0 Å². The molecule has 0 amide bonds. The van der Waals surface area contributed by atoms with Crippen LogP contribution in [0.4, 0.5) is 0 Å². The van der Waals surface area contributed by atoms with E-state index in [0.717, 1.165) is 36.0 Å². The van der Waals surface area contributed by atoms with E-state index in [9.17, 15) is 0 Å². The Morgan fingerprint density at radius 2 is 1.87 bits per heavy atom. The Balaban J connectivity index is 1.55. The molecule has 3 rings (SSSR count). The number of benzene rings is 2. The normalized spacial score (nSPS) is 17.3. The number of ether oxygens (including phenoxy) is 2. The third-order valence-corrected chi connectivity index (χ3v) is 4.50. The summed E-state index contributed by atoms with van der Waals surface area (Å²) in [6, 6.07) is 16.0. The first-order valence-electron chi connectivity index (χ1n) is 8.20. The SMILES string of the molecule is Clc1ccccc1COc1ccccc1C[NH2+]C[C@@H]1CCCO1. The molecular weight excluding hydrogens is 310 g/mol. The molecular formula is C19H23ClNO2+. The fourth-order valence-electron chi connectivity index (χ4n) is 2.84. The molecule has 2 N–H and O–H groups in total. The zero-order valence-electron chi connectivity index (χ0n) is 13.2. The van der Waals surface area contributed by atoms with E-state index < -0.39 is 0 Å². The van der Waals surface area contributed by atoms with Gasteiger partial charge in [-0.05, 0) is 31.0 Å². The van der Waals surface area contributed by atoms with Crippen LogP contribution in [0.2, 0.25) is 5.02 Å². The number of para-hydroxylation sites is 1. The average Bonchev–Trinajstić information content (AvgIpc) is 3.09. The van der Waals surface area contributed by atoms with Gasteiger partial charge in [0.25, 0.3) is 0 Å². The molecule has 1 aliphatic heterocycles. The van der Waals surface area contributed by atoms with E-state index in [2.05, 4.69) is 17.4 Å². The Kier molecular flexibility index (Phi) is 5.92. The molecule has 0 aromatic heterocycles. The van der Waals surface area contributed by atoms with E-state index in [-0.39, 0.29) is 0 Å². The summed E-state index contributed by atoms with van der Waals surface area (Å²) in [5, 5.41) is 3.04. The fourth-order valence-corrected chi connectivity index (χ4v) is 3.03. The highest BCUT2D eigenvalue weighted by atomic mass is 35.5. The zero-order chi connectivity index (χ0) is 15.9. The standard InChI is InChI=1S/C19H22ClNO2/c20-18-9-3-1-7-16(18)14-23-19-10-4-2-6-15(19)12-21-13-17-8-5-11-22-17/h1-4,6-7,9-10,17,21H,5,8,11-14H2/p+1/t17-/m0/s1. The largest absolute Gasteiger partial charge is 0.488 e. The number of rotatable bonds is 7. The van der Waals surface area contributed by atoms with E-state index in [1.807, 2.05) is 36.4 Å². The molecule has 0 spiro atoms. The highest BCUT2D eigenvalue weighted by molar-refractivity contribution is 6.31. The number of quaternary nitrogens is 1. The summed E-state index contributed by atoms with van der Waals surface area (Å²) in [5.74, 6) is 0.927. The van der Waals surface area contributed by atoms with Crippen molar-refractivity contribution in [1.82, 2.24) is 0 Å². The molecule has 3 nitrogen and oxygen atoms in total. The zero-order valence-corrected chi connectivity index (χ0v) is 14.0. The third-order valence-electron chi connectivity index (χ3n) is 4.13. The Bertz CT molecular complexity index is 626. The summed E-state index contributed by atoms with van der Waals surface area (Å²) in [5.41, 5.74) is 2.21. The number of halogens is 1. The van der Waals surface area contributed by atoms with Gasteiger partial charge in [-0.3, -0.25) is 0 Å². The van der Waals surface area contributed by atoms with Gasteiger partial charge in [-0.1, -0.05) is 41.9 Å². The third kappa shape index (κ3) is 4.71. The lowest BCUT2D eigenvalue weighted by Gasteiger charge is -2.13. The first-order chi connectivity index (χ1) is 11.3. The first-order valence-corrected chi connectivity index (χ1v) is 8.58. The molecule has 0 radical (unpaired) electrons. The van der Waals surface area contributed by atoms with Crippen molar-refractivity contribution in [1.29, 1.82) is 0 Å². The highest BCUT2D eigenvalue weighted by Gasteiger charge is 2.17. The topological polar surface area (TPSA) is 35.1 Å². The molecule has 1 saturated heterocycles. The molecule has 1 aliphatic rings. The number of nitrogens with two attached hydrogens (primary N) is 1. The van der Waals surface area contributed by atoms with Crippen LogP contribution in [-0.2, 0) is 17.9 Å². The molecule has 2 aromatic rings. The molecule has 122 valence electrons. The minimum absolute atomic E-state index is 0.409. The maximum Gasteiger partial charge on any atom is 0.128 e. The van der Waals surface area contributed by atoms with Gasteiger partial charge >= 0.3 is 0 Å². The summed E-state index contributed by atoms with van der Waals surface area (Å²) in [6.07, 6.45) is 2.78. The number of hydrogen-bond acceptors (Lipinski definition) is 2. The second-order valence-corrected chi connectivity index (χ2v) is 6.26. The molecule has 2 aromatic carbocycles. The molecule has 1 heterocycles. The predicted octanol–water partition coefficient (Wildman–Crippen LogP) is 3.16. The summed E-state index contributed by atoms with van der Waals surface area (Å²) >= 11 is 6.19. The lowest BCUT2D eigenvalue weighted by Crippen LogP contribution is -2.84. The molecule has 1 atom stereocenters. The van der Waals surface area contributed by atoms with Crippen molar-refractivity contribution < 1.29 is 14.8 Å². The van der Waals surface area contributed by atoms with E-state index in [1.54, 1.807) is 0 Å². The summed E-state index contributed by atoms with van der Waals surface area (Å²) in [7, 11) is 0. The average molecular weight is 333 g/mol. The molecule has 4 heteroatoms. The molecule has 23 heavy (non-hydrogen) atoms. The van der Waals surface area contributed by atoms with E-state index in [4.69, 9.17) is 21.1 Å². The first kappa shape index (κ1) is 16.3. The van der Waals surface area contributed by atoms with E-state index in [1.165, 1.54) is 18.4 Å². The Morgan fingerprint density at radius 3 is 2.65 bits per heavy atom. The van der Waals surface area contributed by atoms with Crippen LogP contribution in [0.1, 0.15) is 24.0 Å². The molecule has 0 aliphatic carbocycles. The van der Waals surface area contributed by atoms with Gasteiger partial charge in [0.05, 0.1) is 0 Å². The van der Waals surface area contributed by atoms with Crippen molar-refractivity contribution in [3.63, 3.8) is 0 Å².